The Morgan fingerprint density at radius 2 is 1.39 bits per heavy atom. The summed E-state index contributed by atoms with van der Waals surface area (Å²) in [6.45, 7) is 9.06. The number of nitrogens with one attached hydrogen (secondary N) is 2. The molecule has 1 saturated heterocycles. The van der Waals surface area contributed by atoms with Gasteiger partial charge in [-0.2, -0.15) is 13.2 Å². The van der Waals surface area contributed by atoms with Gasteiger partial charge in [-0.05, 0) is 68.7 Å². The molecule has 11 heteroatoms. The molecule has 0 atom stereocenters. The van der Waals surface area contributed by atoms with Crippen LogP contribution >= 0.6 is 0 Å². The molecule has 2 fully saturated rings. The Balaban J connectivity index is 0.000000638. The maximum atomic E-state index is 12.9. The number of carboxylic acid groups (broad SMARTS) is 1. The fourth-order valence-corrected chi connectivity index (χ4v) is 4.27. The van der Waals surface area contributed by atoms with Crippen molar-refractivity contribution in [1.29, 1.82) is 0 Å². The maximum Gasteiger partial charge on any atom is 0.490 e. The normalized spacial score (nSPS) is 20.6. The number of aliphatic carboxylic acids is 1. The minimum atomic E-state index is -5.08. The van der Waals surface area contributed by atoms with Crippen molar-refractivity contribution in [3.63, 3.8) is 0 Å². The molecule has 1 aromatic rings. The summed E-state index contributed by atoms with van der Waals surface area (Å²) in [7, 11) is 0. The van der Waals surface area contributed by atoms with Crippen molar-refractivity contribution in [3.8, 4) is 0 Å². The van der Waals surface area contributed by atoms with Crippen molar-refractivity contribution < 1.29 is 37.5 Å². The van der Waals surface area contributed by atoms with Gasteiger partial charge in [0.2, 0.25) is 11.8 Å². The van der Waals surface area contributed by atoms with Crippen LogP contribution in [0.2, 0.25) is 0 Å². The lowest BCUT2D eigenvalue weighted by atomic mass is 9.86. The molecule has 1 aromatic carbocycles. The molecule has 3 N–H and O–H groups in total. The number of hydrogen-bond acceptors (Lipinski definition) is 4. The van der Waals surface area contributed by atoms with Gasteiger partial charge in [-0.25, -0.2) is 4.79 Å². The number of benzene rings is 1. The molecule has 212 valence electrons. The largest absolute Gasteiger partial charge is 0.490 e. The third kappa shape index (κ3) is 9.64. The molecule has 2 aliphatic rings. The van der Waals surface area contributed by atoms with Crippen LogP contribution in [0.3, 0.4) is 0 Å². The number of likely N-dealkylation sites (tertiary alicyclic amines) is 1. The highest BCUT2D eigenvalue weighted by Gasteiger charge is 2.38. The van der Waals surface area contributed by atoms with Crippen LogP contribution in [0.5, 0.6) is 0 Å². The van der Waals surface area contributed by atoms with E-state index in [-0.39, 0.29) is 23.6 Å². The number of piperidine rings is 1. The summed E-state index contributed by atoms with van der Waals surface area (Å²) in [5.41, 5.74) is 0.817. The van der Waals surface area contributed by atoms with E-state index < -0.39 is 17.6 Å². The number of carboxylic acids is 1. The van der Waals surface area contributed by atoms with Crippen LogP contribution < -0.4 is 10.6 Å². The number of anilines is 1. The predicted molar refractivity (Wildman–Crippen MR) is 136 cm³/mol. The van der Waals surface area contributed by atoms with E-state index in [1.807, 2.05) is 25.7 Å². The van der Waals surface area contributed by atoms with Gasteiger partial charge in [-0.15, -0.1) is 0 Å². The molecule has 1 heterocycles. The SMILES string of the molecule is CC1CCC(NC(=O)C2CCN(C(=O)c3ccc(NC(=O)C(C)(C)C)cc3)CC2)CC1.O=C(O)C(F)(F)F. The Bertz CT molecular complexity index is 973. The molecule has 1 aliphatic heterocycles. The number of alkyl halides is 3. The first-order valence-corrected chi connectivity index (χ1v) is 12.9. The van der Waals surface area contributed by atoms with Crippen LogP contribution in [0.25, 0.3) is 0 Å². The molecular weight excluding hydrogens is 503 g/mol. The molecule has 1 saturated carbocycles. The second kappa shape index (κ2) is 13.1. The highest BCUT2D eigenvalue weighted by molar-refractivity contribution is 5.97. The Morgan fingerprint density at radius 1 is 0.895 bits per heavy atom. The molecule has 38 heavy (non-hydrogen) atoms. The van der Waals surface area contributed by atoms with Gasteiger partial charge in [0.15, 0.2) is 0 Å². The van der Waals surface area contributed by atoms with Crippen LogP contribution in [0.1, 0.15) is 76.6 Å². The zero-order valence-electron chi connectivity index (χ0n) is 22.4. The van der Waals surface area contributed by atoms with Crippen molar-refractivity contribution >= 4 is 29.4 Å². The van der Waals surface area contributed by atoms with Gasteiger partial charge in [0.1, 0.15) is 0 Å². The van der Waals surface area contributed by atoms with E-state index in [4.69, 9.17) is 9.90 Å². The number of halogens is 3. The van der Waals surface area contributed by atoms with Gasteiger partial charge in [0, 0.05) is 41.7 Å². The van der Waals surface area contributed by atoms with E-state index >= 15 is 0 Å². The zero-order chi connectivity index (χ0) is 28.7. The zero-order valence-corrected chi connectivity index (χ0v) is 22.4. The van der Waals surface area contributed by atoms with Crippen LogP contribution in [-0.2, 0) is 14.4 Å². The minimum Gasteiger partial charge on any atom is -0.475 e. The third-order valence-electron chi connectivity index (χ3n) is 6.83. The van der Waals surface area contributed by atoms with E-state index in [1.165, 1.54) is 12.8 Å². The van der Waals surface area contributed by atoms with Crippen molar-refractivity contribution in [2.75, 3.05) is 18.4 Å². The standard InChI is InChI=1S/C25H37N3O3.C2HF3O2/c1-17-5-9-20(10-6-17)26-22(29)18-13-15-28(16-14-18)23(30)19-7-11-21(12-8-19)27-24(31)25(2,3)4;3-2(4,5)1(6)7/h7-8,11-12,17-18,20H,5-6,9-10,13-16H2,1-4H3,(H,26,29)(H,27,31);(H,6,7). The molecule has 0 unspecified atom stereocenters. The van der Waals surface area contributed by atoms with Crippen molar-refractivity contribution in [2.45, 2.75) is 78.4 Å². The maximum absolute atomic E-state index is 12.9. The van der Waals surface area contributed by atoms with Gasteiger partial charge >= 0.3 is 12.1 Å². The van der Waals surface area contributed by atoms with Gasteiger partial charge in [0.25, 0.3) is 5.91 Å². The molecule has 0 bridgehead atoms. The van der Waals surface area contributed by atoms with Crippen LogP contribution in [0.15, 0.2) is 24.3 Å². The van der Waals surface area contributed by atoms with E-state index in [0.717, 1.165) is 18.8 Å². The van der Waals surface area contributed by atoms with Crippen molar-refractivity contribution in [2.24, 2.45) is 17.3 Å². The fraction of sp³-hybridized carbons (Fsp3) is 0.630. The Hall–Kier alpha value is -3.11. The average Bonchev–Trinajstić information content (AvgIpc) is 2.85. The molecule has 0 radical (unpaired) electrons. The van der Waals surface area contributed by atoms with E-state index in [0.29, 0.717) is 43.2 Å². The first kappa shape index (κ1) is 31.1. The van der Waals surface area contributed by atoms with Gasteiger partial charge < -0.3 is 20.6 Å². The molecule has 8 nitrogen and oxygen atoms in total. The highest BCUT2D eigenvalue weighted by atomic mass is 19.4. The second-order valence-corrected chi connectivity index (χ2v) is 11.1. The quantitative estimate of drug-likeness (QED) is 0.504. The number of nitrogens with zero attached hydrogens (tertiary/aromatic N) is 1. The molecule has 1 aliphatic carbocycles. The number of hydrogen-bond donors (Lipinski definition) is 3. The topological polar surface area (TPSA) is 116 Å². The summed E-state index contributed by atoms with van der Waals surface area (Å²) in [6, 6.07) is 7.36. The molecular formula is C27H38F3N3O5. The first-order chi connectivity index (χ1) is 17.6. The minimum absolute atomic E-state index is 0.00149. The number of carbonyl (C=O) groups is 4. The summed E-state index contributed by atoms with van der Waals surface area (Å²) < 4.78 is 31.7. The summed E-state index contributed by atoms with van der Waals surface area (Å²) in [5.74, 6) is -1.91. The second-order valence-electron chi connectivity index (χ2n) is 11.1. The Labute approximate surface area is 221 Å². The Morgan fingerprint density at radius 3 is 1.84 bits per heavy atom. The monoisotopic (exact) mass is 541 g/mol. The number of carbonyl (C=O) groups excluding carboxylic acids is 3. The predicted octanol–water partition coefficient (Wildman–Crippen LogP) is 4.85. The molecule has 0 spiro atoms. The number of rotatable bonds is 4. The number of amides is 3. The average molecular weight is 542 g/mol. The summed E-state index contributed by atoms with van der Waals surface area (Å²) in [5, 5.41) is 13.2. The van der Waals surface area contributed by atoms with Crippen LogP contribution in [0, 0.1) is 17.3 Å². The van der Waals surface area contributed by atoms with Gasteiger partial charge in [0.05, 0.1) is 0 Å². The summed E-state index contributed by atoms with van der Waals surface area (Å²) in [6.07, 6.45) is 0.876. The summed E-state index contributed by atoms with van der Waals surface area (Å²) in [4.78, 5) is 48.3. The van der Waals surface area contributed by atoms with E-state index in [1.54, 1.807) is 24.3 Å². The smallest absolute Gasteiger partial charge is 0.475 e. The molecule has 3 amide bonds. The molecule has 0 aromatic heterocycles. The third-order valence-corrected chi connectivity index (χ3v) is 6.83. The van der Waals surface area contributed by atoms with Crippen LogP contribution in [-0.4, -0.2) is 59.0 Å². The summed E-state index contributed by atoms with van der Waals surface area (Å²) >= 11 is 0. The van der Waals surface area contributed by atoms with Gasteiger partial charge in [-0.3, -0.25) is 14.4 Å². The fourth-order valence-electron chi connectivity index (χ4n) is 4.27. The highest BCUT2D eigenvalue weighted by Crippen LogP contribution is 2.25. The Kier molecular flexibility index (Phi) is 10.7. The van der Waals surface area contributed by atoms with E-state index in [2.05, 4.69) is 17.6 Å². The first-order valence-electron chi connectivity index (χ1n) is 12.9. The van der Waals surface area contributed by atoms with Crippen LogP contribution in [0.4, 0.5) is 18.9 Å². The van der Waals surface area contributed by atoms with Gasteiger partial charge in [-0.1, -0.05) is 27.7 Å². The lowest BCUT2D eigenvalue weighted by Crippen LogP contribution is -2.46. The lowest BCUT2D eigenvalue weighted by Gasteiger charge is -2.33. The lowest BCUT2D eigenvalue weighted by molar-refractivity contribution is -0.192. The van der Waals surface area contributed by atoms with E-state index in [9.17, 15) is 27.6 Å². The molecule has 3 rings (SSSR count). The van der Waals surface area contributed by atoms with Crippen molar-refractivity contribution in [3.05, 3.63) is 29.8 Å². The van der Waals surface area contributed by atoms with Crippen molar-refractivity contribution in [1.82, 2.24) is 10.2 Å².